The molecule has 1 saturated heterocycles. The van der Waals surface area contributed by atoms with E-state index >= 15 is 0 Å². The summed E-state index contributed by atoms with van der Waals surface area (Å²) in [6.07, 6.45) is 1.10. The third kappa shape index (κ3) is 3.53. The largest absolute Gasteiger partial charge is 0.480 e. The highest BCUT2D eigenvalue weighted by Gasteiger charge is 2.46. The summed E-state index contributed by atoms with van der Waals surface area (Å²) in [5, 5.41) is 19.6. The van der Waals surface area contributed by atoms with Crippen LogP contribution >= 0.6 is 11.6 Å². The van der Waals surface area contributed by atoms with Gasteiger partial charge >= 0.3 is 5.97 Å². The zero-order valence-electron chi connectivity index (χ0n) is 13.1. The molecule has 1 aliphatic heterocycles. The lowest BCUT2D eigenvalue weighted by Gasteiger charge is -2.35. The molecule has 1 aromatic rings. The predicted octanol–water partition coefficient (Wildman–Crippen LogP) is 3.95. The molecule has 0 aromatic heterocycles. The summed E-state index contributed by atoms with van der Waals surface area (Å²) in [4.78, 5) is 13.5. The molecule has 1 heterocycles. The summed E-state index contributed by atoms with van der Waals surface area (Å²) in [6.45, 7) is 6.31. The van der Waals surface area contributed by atoms with Crippen molar-refractivity contribution in [3.63, 3.8) is 0 Å². The number of carboxylic acids is 1. The monoisotopic (exact) mass is 320 g/mol. The van der Waals surface area contributed by atoms with Gasteiger partial charge in [0.2, 0.25) is 0 Å². The van der Waals surface area contributed by atoms with Crippen molar-refractivity contribution in [2.45, 2.75) is 45.7 Å². The first-order valence-electron chi connectivity index (χ1n) is 7.39. The Morgan fingerprint density at radius 1 is 1.50 bits per heavy atom. The molecule has 0 amide bonds. The molecule has 1 aromatic carbocycles. The molecule has 3 atom stereocenters. The molecule has 0 aliphatic carbocycles. The van der Waals surface area contributed by atoms with Crippen LogP contribution in [0.4, 0.5) is 5.69 Å². The van der Waals surface area contributed by atoms with Gasteiger partial charge in [0.15, 0.2) is 0 Å². The van der Waals surface area contributed by atoms with Crippen LogP contribution in [0.2, 0.25) is 5.02 Å². The molecule has 1 aliphatic rings. The van der Waals surface area contributed by atoms with Crippen molar-refractivity contribution in [1.29, 1.82) is 5.26 Å². The average Bonchev–Trinajstić information content (AvgIpc) is 2.75. The minimum Gasteiger partial charge on any atom is -0.480 e. The number of carboxylic acid groups (broad SMARTS) is 1. The van der Waals surface area contributed by atoms with Crippen LogP contribution in [0.15, 0.2) is 24.3 Å². The molecule has 0 radical (unpaired) electrons. The van der Waals surface area contributed by atoms with Crippen molar-refractivity contribution in [1.82, 2.24) is 0 Å². The first-order chi connectivity index (χ1) is 10.2. The van der Waals surface area contributed by atoms with Gasteiger partial charge in [0, 0.05) is 16.8 Å². The van der Waals surface area contributed by atoms with Crippen molar-refractivity contribution in [2.24, 2.45) is 11.3 Å². The predicted molar refractivity (Wildman–Crippen MR) is 86.9 cm³/mol. The van der Waals surface area contributed by atoms with Crippen molar-refractivity contribution >= 4 is 23.3 Å². The van der Waals surface area contributed by atoms with Crippen molar-refractivity contribution in [2.75, 3.05) is 4.90 Å². The van der Waals surface area contributed by atoms with E-state index in [0.29, 0.717) is 11.4 Å². The number of hydrogen-bond acceptors (Lipinski definition) is 3. The molecule has 2 rings (SSSR count). The number of nitrogens with zero attached hydrogens (tertiary/aromatic N) is 2. The van der Waals surface area contributed by atoms with Gasteiger partial charge in [0.05, 0.1) is 12.0 Å². The fourth-order valence-corrected chi connectivity index (χ4v) is 3.36. The maximum Gasteiger partial charge on any atom is 0.326 e. The fraction of sp³-hybridized carbons (Fsp3) is 0.529. The van der Waals surface area contributed by atoms with Gasteiger partial charge in [-0.1, -0.05) is 38.4 Å². The van der Waals surface area contributed by atoms with Gasteiger partial charge < -0.3 is 10.0 Å². The molecule has 4 nitrogen and oxygen atoms in total. The van der Waals surface area contributed by atoms with Crippen LogP contribution in [-0.4, -0.2) is 23.2 Å². The number of carbonyl (C=O) groups is 1. The van der Waals surface area contributed by atoms with E-state index in [1.54, 1.807) is 12.1 Å². The number of benzene rings is 1. The topological polar surface area (TPSA) is 64.3 Å². The SMILES string of the molecule is CC(C)(C)CC1C(C#N)CC(C(=O)O)N1c1cccc(Cl)c1. The Balaban J connectivity index is 2.46. The van der Waals surface area contributed by atoms with E-state index in [1.165, 1.54) is 0 Å². The molecule has 118 valence electrons. The third-order valence-corrected chi connectivity index (χ3v) is 4.25. The van der Waals surface area contributed by atoms with Gasteiger partial charge in [-0.25, -0.2) is 4.79 Å². The molecule has 3 unspecified atom stereocenters. The highest BCUT2D eigenvalue weighted by atomic mass is 35.5. The van der Waals surface area contributed by atoms with E-state index in [4.69, 9.17) is 11.6 Å². The van der Waals surface area contributed by atoms with Crippen LogP contribution in [0, 0.1) is 22.7 Å². The number of halogens is 1. The van der Waals surface area contributed by atoms with E-state index in [-0.39, 0.29) is 17.4 Å². The average molecular weight is 321 g/mol. The van der Waals surface area contributed by atoms with Crippen LogP contribution in [-0.2, 0) is 4.79 Å². The van der Waals surface area contributed by atoms with E-state index in [1.807, 2.05) is 17.0 Å². The summed E-state index contributed by atoms with van der Waals surface area (Å²) < 4.78 is 0. The molecule has 1 fully saturated rings. The fourth-order valence-electron chi connectivity index (χ4n) is 3.17. The third-order valence-electron chi connectivity index (χ3n) is 4.01. The number of hydrogen-bond donors (Lipinski definition) is 1. The van der Waals surface area contributed by atoms with Gasteiger partial charge in [0.1, 0.15) is 6.04 Å². The van der Waals surface area contributed by atoms with Crippen LogP contribution in [0.5, 0.6) is 0 Å². The summed E-state index contributed by atoms with van der Waals surface area (Å²) in [6, 6.07) is 8.69. The molecular weight excluding hydrogens is 300 g/mol. The van der Waals surface area contributed by atoms with Crippen molar-refractivity contribution < 1.29 is 9.90 Å². The zero-order valence-corrected chi connectivity index (χ0v) is 13.8. The Morgan fingerprint density at radius 3 is 2.68 bits per heavy atom. The molecule has 22 heavy (non-hydrogen) atoms. The van der Waals surface area contributed by atoms with E-state index in [9.17, 15) is 15.2 Å². The number of rotatable bonds is 3. The van der Waals surface area contributed by atoms with E-state index in [2.05, 4.69) is 26.8 Å². The van der Waals surface area contributed by atoms with Crippen LogP contribution < -0.4 is 4.90 Å². The van der Waals surface area contributed by atoms with E-state index < -0.39 is 12.0 Å². The second-order valence-electron chi connectivity index (χ2n) is 7.04. The van der Waals surface area contributed by atoms with E-state index in [0.717, 1.165) is 12.1 Å². The molecule has 0 saturated carbocycles. The molecule has 5 heteroatoms. The summed E-state index contributed by atoms with van der Waals surface area (Å²) in [7, 11) is 0. The quantitative estimate of drug-likeness (QED) is 0.916. The first-order valence-corrected chi connectivity index (χ1v) is 7.77. The number of aliphatic carboxylic acids is 1. The highest BCUT2D eigenvalue weighted by Crippen LogP contribution is 2.40. The van der Waals surface area contributed by atoms with Crippen molar-refractivity contribution in [3.8, 4) is 6.07 Å². The summed E-state index contributed by atoms with van der Waals surface area (Å²) in [5.74, 6) is -1.18. The number of nitriles is 1. The van der Waals surface area contributed by atoms with Gasteiger partial charge in [-0.05, 0) is 36.5 Å². The van der Waals surface area contributed by atoms with Crippen molar-refractivity contribution in [3.05, 3.63) is 29.3 Å². The molecule has 0 bridgehead atoms. The van der Waals surface area contributed by atoms with Crippen LogP contribution in [0.1, 0.15) is 33.6 Å². The lowest BCUT2D eigenvalue weighted by Crippen LogP contribution is -2.43. The number of anilines is 1. The lowest BCUT2D eigenvalue weighted by molar-refractivity contribution is -0.138. The summed E-state index contributed by atoms with van der Waals surface area (Å²) >= 11 is 6.06. The minimum atomic E-state index is -0.892. The standard InChI is InChI=1S/C17H21ClN2O2/c1-17(2,3)9-15-11(10-19)7-14(16(21)22)20(15)13-6-4-5-12(18)8-13/h4-6,8,11,14-15H,7,9H2,1-3H3,(H,21,22). The van der Waals surface area contributed by atoms with Crippen LogP contribution in [0.25, 0.3) is 0 Å². The molecular formula is C17H21ClN2O2. The second kappa shape index (κ2) is 6.18. The Kier molecular flexibility index (Phi) is 4.67. The maximum absolute atomic E-state index is 11.7. The zero-order chi connectivity index (χ0) is 16.5. The van der Waals surface area contributed by atoms with Gasteiger partial charge in [-0.3, -0.25) is 0 Å². The normalized spacial score (nSPS) is 25.0. The summed E-state index contributed by atoms with van der Waals surface area (Å²) in [5.41, 5.74) is 0.774. The van der Waals surface area contributed by atoms with Crippen LogP contribution in [0.3, 0.4) is 0 Å². The second-order valence-corrected chi connectivity index (χ2v) is 7.48. The highest BCUT2D eigenvalue weighted by molar-refractivity contribution is 6.30. The Labute approximate surface area is 136 Å². The Morgan fingerprint density at radius 2 is 2.18 bits per heavy atom. The first kappa shape index (κ1) is 16.6. The maximum atomic E-state index is 11.7. The smallest absolute Gasteiger partial charge is 0.326 e. The lowest BCUT2D eigenvalue weighted by atomic mass is 9.83. The van der Waals surface area contributed by atoms with Gasteiger partial charge in [-0.2, -0.15) is 5.26 Å². The Hall–Kier alpha value is -1.73. The molecule has 1 N–H and O–H groups in total. The molecule has 0 spiro atoms. The van der Waals surface area contributed by atoms with Gasteiger partial charge in [-0.15, -0.1) is 0 Å². The van der Waals surface area contributed by atoms with Gasteiger partial charge in [0.25, 0.3) is 0 Å². The minimum absolute atomic E-state index is 0.00395. The Bertz CT molecular complexity index is 603.